The van der Waals surface area contributed by atoms with Gasteiger partial charge in [0.15, 0.2) is 6.10 Å². The van der Waals surface area contributed by atoms with Crippen molar-refractivity contribution in [2.24, 2.45) is 5.16 Å². The number of benzene rings is 2. The quantitative estimate of drug-likeness (QED) is 0.488. The number of fused-ring (bicyclic) bond motifs is 1. The second-order valence-electron chi connectivity index (χ2n) is 7.69. The second-order valence-corrected chi connectivity index (χ2v) is 7.69. The van der Waals surface area contributed by atoms with E-state index < -0.39 is 12.1 Å². The van der Waals surface area contributed by atoms with Crippen molar-refractivity contribution in [1.29, 1.82) is 0 Å². The van der Waals surface area contributed by atoms with Crippen LogP contribution >= 0.6 is 0 Å². The summed E-state index contributed by atoms with van der Waals surface area (Å²) >= 11 is 0. The summed E-state index contributed by atoms with van der Waals surface area (Å²) in [6, 6.07) is 16.3. The zero-order valence-electron chi connectivity index (χ0n) is 18.2. The molecule has 2 atom stereocenters. The van der Waals surface area contributed by atoms with Crippen LogP contribution in [0.25, 0.3) is 10.9 Å². The molecule has 1 aliphatic heterocycles. The van der Waals surface area contributed by atoms with Gasteiger partial charge in [0.25, 0.3) is 0 Å². The molecule has 0 bridgehead atoms. The van der Waals surface area contributed by atoms with E-state index in [0.717, 1.165) is 22.0 Å². The number of ether oxygens (including phenoxy) is 2. The number of nitrogens with zero attached hydrogens (tertiary/aromatic N) is 1. The van der Waals surface area contributed by atoms with Crippen LogP contribution in [0.5, 0.6) is 0 Å². The molecule has 1 unspecified atom stereocenters. The van der Waals surface area contributed by atoms with Crippen LogP contribution in [-0.2, 0) is 32.1 Å². The van der Waals surface area contributed by atoms with Crippen LogP contribution in [0.2, 0.25) is 0 Å². The zero-order chi connectivity index (χ0) is 23.0. The highest BCUT2D eigenvalue weighted by molar-refractivity contribution is 5.88. The van der Waals surface area contributed by atoms with Gasteiger partial charge in [-0.2, -0.15) is 0 Å². The molecule has 0 radical (unpaired) electrons. The lowest BCUT2D eigenvalue weighted by Gasteiger charge is -2.19. The first-order valence-electron chi connectivity index (χ1n) is 10.7. The predicted molar refractivity (Wildman–Crippen MR) is 122 cm³/mol. The largest absolute Gasteiger partial charge is 0.482 e. The lowest BCUT2D eigenvalue weighted by atomic mass is 10.0. The van der Waals surface area contributed by atoms with E-state index in [1.807, 2.05) is 60.8 Å². The fourth-order valence-corrected chi connectivity index (χ4v) is 3.61. The summed E-state index contributed by atoms with van der Waals surface area (Å²) in [6.45, 7) is 0.349. The first kappa shape index (κ1) is 22.2. The van der Waals surface area contributed by atoms with Crippen molar-refractivity contribution in [3.8, 4) is 0 Å². The summed E-state index contributed by atoms with van der Waals surface area (Å²) in [5.41, 5.74) is 2.73. The van der Waals surface area contributed by atoms with Crippen LogP contribution in [0.1, 0.15) is 17.5 Å². The van der Waals surface area contributed by atoms with E-state index in [2.05, 4.69) is 20.8 Å². The lowest BCUT2D eigenvalue weighted by Crippen LogP contribution is -2.49. The van der Waals surface area contributed by atoms with Gasteiger partial charge in [0.2, 0.25) is 11.8 Å². The molecule has 2 aromatic carbocycles. The maximum absolute atomic E-state index is 13.0. The van der Waals surface area contributed by atoms with E-state index in [0.29, 0.717) is 18.7 Å². The molecule has 4 rings (SSSR count). The van der Waals surface area contributed by atoms with Gasteiger partial charge < -0.3 is 29.9 Å². The third kappa shape index (κ3) is 5.82. The van der Waals surface area contributed by atoms with E-state index in [1.165, 1.54) is 7.11 Å². The first-order valence-corrected chi connectivity index (χ1v) is 10.7. The number of para-hydroxylation sites is 1. The molecule has 3 N–H and O–H groups in total. The van der Waals surface area contributed by atoms with Gasteiger partial charge in [-0.25, -0.2) is 4.79 Å². The zero-order valence-corrected chi connectivity index (χ0v) is 18.2. The number of amides is 2. The Labute approximate surface area is 191 Å². The van der Waals surface area contributed by atoms with Crippen molar-refractivity contribution < 1.29 is 23.9 Å². The summed E-state index contributed by atoms with van der Waals surface area (Å²) in [6.07, 6.45) is 1.63. The molecule has 2 amide bonds. The van der Waals surface area contributed by atoms with Crippen molar-refractivity contribution in [3.05, 3.63) is 71.9 Å². The monoisotopic (exact) mass is 450 g/mol. The fraction of sp³-hybridized carbons (Fsp3) is 0.292. The third-order valence-electron chi connectivity index (χ3n) is 5.37. The Morgan fingerprint density at radius 1 is 1.18 bits per heavy atom. The SMILES string of the molecule is COC1=NOC(CNC(=O)[C@H](Cc2c[nH]c3ccccc23)NC(=O)OCc2ccccc2)C1. The van der Waals surface area contributed by atoms with Gasteiger partial charge in [0, 0.05) is 23.5 Å². The van der Waals surface area contributed by atoms with Crippen molar-refractivity contribution >= 4 is 28.8 Å². The van der Waals surface area contributed by atoms with Crippen molar-refractivity contribution in [1.82, 2.24) is 15.6 Å². The molecule has 0 spiro atoms. The number of carbonyl (C=O) groups excluding carboxylic acids is 2. The normalized spacial score (nSPS) is 15.9. The minimum atomic E-state index is -0.836. The number of aromatic amines is 1. The summed E-state index contributed by atoms with van der Waals surface area (Å²) in [5, 5.41) is 10.3. The van der Waals surface area contributed by atoms with Crippen LogP contribution in [0, 0.1) is 0 Å². The summed E-state index contributed by atoms with van der Waals surface area (Å²) in [5.74, 6) is 0.138. The fourth-order valence-electron chi connectivity index (χ4n) is 3.61. The number of hydrogen-bond donors (Lipinski definition) is 3. The first-order chi connectivity index (χ1) is 16.1. The number of methoxy groups -OCH3 is 1. The Balaban J connectivity index is 1.40. The second kappa shape index (κ2) is 10.5. The van der Waals surface area contributed by atoms with E-state index in [9.17, 15) is 9.59 Å². The van der Waals surface area contributed by atoms with Gasteiger partial charge >= 0.3 is 6.09 Å². The Morgan fingerprint density at radius 2 is 1.97 bits per heavy atom. The van der Waals surface area contributed by atoms with Crippen LogP contribution in [0.4, 0.5) is 4.79 Å². The predicted octanol–water partition coefficient (Wildman–Crippen LogP) is 2.87. The topological polar surface area (TPSA) is 114 Å². The van der Waals surface area contributed by atoms with Gasteiger partial charge in [-0.3, -0.25) is 4.79 Å². The lowest BCUT2D eigenvalue weighted by molar-refractivity contribution is -0.123. The molecular weight excluding hydrogens is 424 g/mol. The van der Waals surface area contributed by atoms with Crippen molar-refractivity contribution in [2.75, 3.05) is 13.7 Å². The molecule has 1 aromatic heterocycles. The van der Waals surface area contributed by atoms with Crippen LogP contribution in [-0.4, -0.2) is 48.7 Å². The highest BCUT2D eigenvalue weighted by Gasteiger charge is 2.26. The Bertz CT molecular complexity index is 1130. The van der Waals surface area contributed by atoms with E-state index in [1.54, 1.807) is 0 Å². The molecule has 9 heteroatoms. The number of rotatable bonds is 8. The Kier molecular flexibility index (Phi) is 7.09. The molecule has 2 heterocycles. The van der Waals surface area contributed by atoms with Crippen molar-refractivity contribution in [3.63, 3.8) is 0 Å². The van der Waals surface area contributed by atoms with Gasteiger partial charge in [0.05, 0.1) is 20.1 Å². The molecule has 3 aromatic rings. The number of oxime groups is 1. The van der Waals surface area contributed by atoms with E-state index in [-0.39, 0.29) is 25.2 Å². The minimum Gasteiger partial charge on any atom is -0.482 e. The number of carbonyl (C=O) groups is 2. The molecule has 9 nitrogen and oxygen atoms in total. The molecule has 0 fully saturated rings. The van der Waals surface area contributed by atoms with Crippen molar-refractivity contribution in [2.45, 2.75) is 31.6 Å². The van der Waals surface area contributed by atoms with Gasteiger partial charge in [0.1, 0.15) is 12.6 Å². The molecule has 1 aliphatic rings. The van der Waals surface area contributed by atoms with E-state index >= 15 is 0 Å². The van der Waals surface area contributed by atoms with Crippen LogP contribution < -0.4 is 10.6 Å². The summed E-state index contributed by atoms with van der Waals surface area (Å²) in [7, 11) is 1.52. The number of aromatic nitrogens is 1. The average molecular weight is 450 g/mol. The average Bonchev–Trinajstić information content (AvgIpc) is 3.48. The van der Waals surface area contributed by atoms with Gasteiger partial charge in [-0.15, -0.1) is 0 Å². The number of H-pyrrole nitrogens is 1. The van der Waals surface area contributed by atoms with Crippen LogP contribution in [0.3, 0.4) is 0 Å². The summed E-state index contributed by atoms with van der Waals surface area (Å²) < 4.78 is 10.4. The Morgan fingerprint density at radius 3 is 2.76 bits per heavy atom. The maximum Gasteiger partial charge on any atom is 0.408 e. The molecule has 0 saturated carbocycles. The smallest absolute Gasteiger partial charge is 0.408 e. The van der Waals surface area contributed by atoms with Gasteiger partial charge in [-0.05, 0) is 17.2 Å². The third-order valence-corrected chi connectivity index (χ3v) is 5.37. The molecular formula is C24H26N4O5. The highest BCUT2D eigenvalue weighted by atomic mass is 16.7. The highest BCUT2D eigenvalue weighted by Crippen LogP contribution is 2.19. The molecule has 33 heavy (non-hydrogen) atoms. The Hall–Kier alpha value is -4.01. The van der Waals surface area contributed by atoms with Crippen LogP contribution in [0.15, 0.2) is 65.9 Å². The summed E-state index contributed by atoms with van der Waals surface area (Å²) in [4.78, 5) is 33.9. The van der Waals surface area contributed by atoms with Gasteiger partial charge in [-0.1, -0.05) is 53.7 Å². The number of hydrogen-bond acceptors (Lipinski definition) is 6. The molecule has 172 valence electrons. The van der Waals surface area contributed by atoms with E-state index in [4.69, 9.17) is 14.3 Å². The number of alkyl carbamates (subject to hydrolysis) is 1. The number of nitrogens with one attached hydrogen (secondary N) is 3. The molecule has 0 aliphatic carbocycles. The minimum absolute atomic E-state index is 0.112. The standard InChI is InChI=1S/C24H26N4O5/c1-31-22-12-18(33-28-22)14-26-23(29)21(11-17-13-25-20-10-6-5-9-19(17)20)27-24(30)32-15-16-7-3-2-4-8-16/h2-10,13,18,21,25H,11-12,14-15H2,1H3,(H,26,29)(H,27,30)/t18?,21-/m0/s1. The maximum atomic E-state index is 13.0. The molecule has 0 saturated heterocycles.